The van der Waals surface area contributed by atoms with Gasteiger partial charge in [0.25, 0.3) is 0 Å². The van der Waals surface area contributed by atoms with Gasteiger partial charge in [0.05, 0.1) is 0 Å². The van der Waals surface area contributed by atoms with Gasteiger partial charge in [-0.25, -0.2) is 0 Å². The van der Waals surface area contributed by atoms with Gasteiger partial charge in [-0.2, -0.15) is 11.8 Å². The molecule has 1 N–H and O–H groups in total. The SMILES string of the molecule is CCNC(Cc1ccc(Br)cn1)c1cc2c(s1)CCSC2. The van der Waals surface area contributed by atoms with Crippen molar-refractivity contribution in [2.75, 3.05) is 12.3 Å². The van der Waals surface area contributed by atoms with Crippen LogP contribution >= 0.6 is 39.0 Å². The number of aromatic nitrogens is 1. The van der Waals surface area contributed by atoms with E-state index in [9.17, 15) is 0 Å². The number of thiophene rings is 1. The van der Waals surface area contributed by atoms with E-state index in [1.807, 2.05) is 17.5 Å². The molecule has 0 aromatic carbocycles. The van der Waals surface area contributed by atoms with E-state index in [0.29, 0.717) is 6.04 Å². The molecule has 0 fully saturated rings. The fraction of sp³-hybridized carbons (Fsp3) is 0.438. The minimum atomic E-state index is 0.379. The van der Waals surface area contributed by atoms with Crippen molar-refractivity contribution in [3.8, 4) is 0 Å². The molecule has 2 aromatic heterocycles. The number of hydrogen-bond donors (Lipinski definition) is 1. The second-order valence-corrected chi connectivity index (χ2v) is 8.37. The lowest BCUT2D eigenvalue weighted by molar-refractivity contribution is 0.552. The molecule has 0 spiro atoms. The van der Waals surface area contributed by atoms with Crippen LogP contribution in [0.4, 0.5) is 0 Å². The third kappa shape index (κ3) is 3.89. The molecule has 3 rings (SSSR count). The summed E-state index contributed by atoms with van der Waals surface area (Å²) in [4.78, 5) is 7.58. The molecule has 21 heavy (non-hydrogen) atoms. The van der Waals surface area contributed by atoms with E-state index in [1.165, 1.54) is 22.8 Å². The average Bonchev–Trinajstić information content (AvgIpc) is 2.93. The number of pyridine rings is 1. The van der Waals surface area contributed by atoms with Crippen LogP contribution in [0.5, 0.6) is 0 Å². The van der Waals surface area contributed by atoms with Crippen molar-refractivity contribution in [2.24, 2.45) is 0 Å². The number of thioether (sulfide) groups is 1. The Bertz CT molecular complexity index is 571. The number of nitrogens with one attached hydrogen (secondary N) is 1. The van der Waals surface area contributed by atoms with Crippen molar-refractivity contribution >= 4 is 39.0 Å². The fourth-order valence-electron chi connectivity index (χ4n) is 2.60. The van der Waals surface area contributed by atoms with Crippen LogP contribution < -0.4 is 5.32 Å². The van der Waals surface area contributed by atoms with E-state index in [4.69, 9.17) is 0 Å². The Morgan fingerprint density at radius 2 is 2.33 bits per heavy atom. The molecule has 0 radical (unpaired) electrons. The fourth-order valence-corrected chi connectivity index (χ4v) is 5.28. The number of rotatable bonds is 5. The van der Waals surface area contributed by atoms with Gasteiger partial charge in [-0.05, 0) is 58.4 Å². The van der Waals surface area contributed by atoms with E-state index in [2.05, 4.69) is 63.1 Å². The smallest absolute Gasteiger partial charge is 0.0470 e. The first kappa shape index (κ1) is 15.5. The minimum absolute atomic E-state index is 0.379. The third-order valence-electron chi connectivity index (χ3n) is 3.64. The van der Waals surface area contributed by atoms with E-state index < -0.39 is 0 Å². The molecule has 2 nitrogen and oxygen atoms in total. The summed E-state index contributed by atoms with van der Waals surface area (Å²) in [5.74, 6) is 2.45. The quantitative estimate of drug-likeness (QED) is 0.818. The molecule has 0 bridgehead atoms. The van der Waals surface area contributed by atoms with Crippen molar-refractivity contribution in [1.29, 1.82) is 0 Å². The molecule has 0 aliphatic carbocycles. The Balaban J connectivity index is 1.80. The number of halogens is 1. The zero-order valence-electron chi connectivity index (χ0n) is 12.1. The van der Waals surface area contributed by atoms with Crippen molar-refractivity contribution < 1.29 is 0 Å². The van der Waals surface area contributed by atoms with Gasteiger partial charge in [0.15, 0.2) is 0 Å². The predicted molar refractivity (Wildman–Crippen MR) is 96.2 cm³/mol. The molecule has 3 heterocycles. The summed E-state index contributed by atoms with van der Waals surface area (Å²) in [6.07, 6.45) is 4.07. The largest absolute Gasteiger partial charge is 0.309 e. The van der Waals surface area contributed by atoms with Gasteiger partial charge in [0, 0.05) is 44.3 Å². The van der Waals surface area contributed by atoms with Crippen LogP contribution in [-0.2, 0) is 18.6 Å². The molecular formula is C16H19BrN2S2. The lowest BCUT2D eigenvalue weighted by Gasteiger charge is -2.16. The topological polar surface area (TPSA) is 24.9 Å². The van der Waals surface area contributed by atoms with Crippen molar-refractivity contribution in [3.63, 3.8) is 0 Å². The second kappa shape index (κ2) is 7.27. The van der Waals surface area contributed by atoms with Gasteiger partial charge in [-0.3, -0.25) is 4.98 Å². The molecule has 1 unspecified atom stereocenters. The Kier molecular flexibility index (Phi) is 5.38. The standard InChI is InChI=1S/C16H19BrN2S2/c1-2-18-14(8-13-4-3-12(17)9-19-13)16-7-11-10-20-6-5-15(11)21-16/h3-4,7,9,14,18H,2,5-6,8,10H2,1H3. The highest BCUT2D eigenvalue weighted by Crippen LogP contribution is 2.35. The summed E-state index contributed by atoms with van der Waals surface area (Å²) in [6, 6.07) is 6.97. The molecule has 0 amide bonds. The maximum Gasteiger partial charge on any atom is 0.0470 e. The van der Waals surface area contributed by atoms with Gasteiger partial charge >= 0.3 is 0 Å². The second-order valence-electron chi connectivity index (χ2n) is 5.18. The Hall–Kier alpha value is -0.360. The monoisotopic (exact) mass is 382 g/mol. The Morgan fingerprint density at radius 1 is 1.43 bits per heavy atom. The molecule has 1 aliphatic heterocycles. The normalized spacial score (nSPS) is 15.7. The summed E-state index contributed by atoms with van der Waals surface area (Å²) < 4.78 is 1.04. The van der Waals surface area contributed by atoms with Crippen LogP contribution in [0.3, 0.4) is 0 Å². The number of nitrogens with zero attached hydrogens (tertiary/aromatic N) is 1. The highest BCUT2D eigenvalue weighted by Gasteiger charge is 2.19. The summed E-state index contributed by atoms with van der Waals surface area (Å²) in [5, 5.41) is 3.62. The van der Waals surface area contributed by atoms with Crippen molar-refractivity contribution in [3.05, 3.63) is 49.9 Å². The lowest BCUT2D eigenvalue weighted by Crippen LogP contribution is -2.22. The maximum atomic E-state index is 4.52. The molecule has 0 saturated heterocycles. The minimum Gasteiger partial charge on any atom is -0.309 e. The van der Waals surface area contributed by atoms with Crippen LogP contribution in [0.2, 0.25) is 0 Å². The Labute approximate surface area is 142 Å². The van der Waals surface area contributed by atoms with Gasteiger partial charge in [-0.1, -0.05) is 6.92 Å². The number of likely N-dealkylation sites (N-methyl/N-ethyl adjacent to an activating group) is 1. The molecule has 5 heteroatoms. The third-order valence-corrected chi connectivity index (χ3v) is 6.47. The van der Waals surface area contributed by atoms with Crippen LogP contribution in [0.1, 0.15) is 34.0 Å². The first-order valence-electron chi connectivity index (χ1n) is 7.29. The van der Waals surface area contributed by atoms with E-state index in [1.54, 1.807) is 10.4 Å². The average molecular weight is 383 g/mol. The first-order valence-corrected chi connectivity index (χ1v) is 10.1. The molecule has 1 aliphatic rings. The summed E-state index contributed by atoms with van der Waals surface area (Å²) in [6.45, 7) is 3.16. The molecule has 2 aromatic rings. The van der Waals surface area contributed by atoms with Crippen molar-refractivity contribution in [1.82, 2.24) is 10.3 Å². The van der Waals surface area contributed by atoms with Crippen LogP contribution in [0, 0.1) is 0 Å². The maximum absolute atomic E-state index is 4.52. The predicted octanol–water partition coefficient (Wildman–Crippen LogP) is 4.59. The van der Waals surface area contributed by atoms with Crippen LogP contribution in [0.25, 0.3) is 0 Å². The molecule has 112 valence electrons. The first-order chi connectivity index (χ1) is 10.3. The van der Waals surface area contributed by atoms with Gasteiger partial charge in [-0.15, -0.1) is 11.3 Å². The van der Waals surface area contributed by atoms with Gasteiger partial charge < -0.3 is 5.32 Å². The van der Waals surface area contributed by atoms with Gasteiger partial charge in [0.2, 0.25) is 0 Å². The summed E-state index contributed by atoms with van der Waals surface area (Å²) >= 11 is 7.49. The zero-order chi connectivity index (χ0) is 14.7. The van der Waals surface area contributed by atoms with Gasteiger partial charge in [0.1, 0.15) is 0 Å². The number of hydrogen-bond acceptors (Lipinski definition) is 4. The number of aryl methyl sites for hydroxylation is 1. The van der Waals surface area contributed by atoms with Crippen LogP contribution in [-0.4, -0.2) is 17.3 Å². The van der Waals surface area contributed by atoms with E-state index in [0.717, 1.165) is 23.1 Å². The highest BCUT2D eigenvalue weighted by atomic mass is 79.9. The summed E-state index contributed by atoms with van der Waals surface area (Å²) in [7, 11) is 0. The zero-order valence-corrected chi connectivity index (χ0v) is 15.3. The highest BCUT2D eigenvalue weighted by molar-refractivity contribution is 9.10. The summed E-state index contributed by atoms with van der Waals surface area (Å²) in [5.41, 5.74) is 2.70. The molecular weight excluding hydrogens is 364 g/mol. The van der Waals surface area contributed by atoms with Crippen molar-refractivity contribution in [2.45, 2.75) is 31.6 Å². The number of fused-ring (bicyclic) bond motifs is 1. The molecule has 0 saturated carbocycles. The molecule has 1 atom stereocenters. The van der Waals surface area contributed by atoms with Crippen LogP contribution in [0.15, 0.2) is 28.9 Å². The van der Waals surface area contributed by atoms with E-state index in [-0.39, 0.29) is 0 Å². The van der Waals surface area contributed by atoms with E-state index >= 15 is 0 Å². The Morgan fingerprint density at radius 3 is 3.05 bits per heavy atom. The lowest BCUT2D eigenvalue weighted by atomic mass is 10.1.